The van der Waals surface area contributed by atoms with Gasteiger partial charge in [-0.25, -0.2) is 0 Å². The summed E-state index contributed by atoms with van der Waals surface area (Å²) >= 11 is 5.28. The number of anilines is 1. The number of benzene rings is 2. The maximum Gasteiger partial charge on any atom is 0.270 e. The first kappa shape index (κ1) is 19.8. The van der Waals surface area contributed by atoms with E-state index in [9.17, 15) is 9.59 Å². The Morgan fingerprint density at radius 3 is 2.30 bits per heavy atom. The fourth-order valence-electron chi connectivity index (χ4n) is 3.37. The van der Waals surface area contributed by atoms with Crippen molar-refractivity contribution < 1.29 is 9.59 Å². The number of aryl methyl sites for hydroxylation is 2. The molecule has 1 aliphatic heterocycles. The molecule has 1 aromatic heterocycles. The van der Waals surface area contributed by atoms with Gasteiger partial charge in [-0.3, -0.25) is 19.8 Å². The summed E-state index contributed by atoms with van der Waals surface area (Å²) < 4.78 is 1.93. The van der Waals surface area contributed by atoms with Crippen molar-refractivity contribution in [2.24, 2.45) is 0 Å². The number of carbonyl (C=O) groups is 2. The summed E-state index contributed by atoms with van der Waals surface area (Å²) in [6, 6.07) is 19.4. The van der Waals surface area contributed by atoms with Gasteiger partial charge in [0.25, 0.3) is 11.8 Å². The van der Waals surface area contributed by atoms with E-state index in [0.717, 1.165) is 28.9 Å². The van der Waals surface area contributed by atoms with Crippen molar-refractivity contribution in [3.63, 3.8) is 0 Å². The third kappa shape index (κ3) is 3.69. The van der Waals surface area contributed by atoms with Gasteiger partial charge in [0.2, 0.25) is 0 Å². The van der Waals surface area contributed by atoms with Gasteiger partial charge in [-0.15, -0.1) is 0 Å². The van der Waals surface area contributed by atoms with Crippen molar-refractivity contribution in [1.82, 2.24) is 9.88 Å². The average Bonchev–Trinajstić information content (AvgIpc) is 3.20. The number of thiocarbonyl (C=S) groups is 1. The van der Waals surface area contributed by atoms with Crippen LogP contribution in [-0.4, -0.2) is 21.5 Å². The Morgan fingerprint density at radius 1 is 0.967 bits per heavy atom. The van der Waals surface area contributed by atoms with Crippen molar-refractivity contribution in [1.29, 1.82) is 0 Å². The lowest BCUT2D eigenvalue weighted by atomic mass is 10.1. The van der Waals surface area contributed by atoms with Gasteiger partial charge >= 0.3 is 0 Å². The summed E-state index contributed by atoms with van der Waals surface area (Å²) in [6.07, 6.45) is 4.40. The third-order valence-electron chi connectivity index (χ3n) is 5.09. The molecule has 150 valence electrons. The minimum absolute atomic E-state index is 0.0372. The highest BCUT2D eigenvalue weighted by atomic mass is 32.1. The second-order valence-electron chi connectivity index (χ2n) is 7.12. The molecular weight excluding hydrogens is 394 g/mol. The van der Waals surface area contributed by atoms with Gasteiger partial charge < -0.3 is 4.57 Å². The Balaban J connectivity index is 1.71. The van der Waals surface area contributed by atoms with E-state index in [1.165, 1.54) is 4.90 Å². The zero-order valence-electron chi connectivity index (χ0n) is 16.8. The molecule has 3 aromatic rings. The number of amides is 2. The minimum atomic E-state index is -0.497. The molecule has 30 heavy (non-hydrogen) atoms. The molecule has 2 amide bonds. The number of hydrogen-bond acceptors (Lipinski definition) is 3. The van der Waals surface area contributed by atoms with Crippen LogP contribution in [0, 0.1) is 6.92 Å². The standard InChI is InChI=1S/C24H21N3O2S/c1-3-17-8-12-19(13-9-17)27-23(29)21(22(28)25-24(27)30)15-20-5-4-14-26(20)18-10-6-16(2)7-11-18/h4-15H,3H2,1-2H3,(H,25,28,30). The molecule has 1 aliphatic rings. The van der Waals surface area contributed by atoms with Gasteiger partial charge in [0.15, 0.2) is 5.11 Å². The number of rotatable bonds is 4. The van der Waals surface area contributed by atoms with Crippen molar-refractivity contribution in [3.05, 3.63) is 89.3 Å². The zero-order chi connectivity index (χ0) is 21.3. The largest absolute Gasteiger partial charge is 0.317 e. The molecule has 6 heteroatoms. The molecule has 4 rings (SSSR count). The highest BCUT2D eigenvalue weighted by Gasteiger charge is 2.34. The second-order valence-corrected chi connectivity index (χ2v) is 7.50. The normalized spacial score (nSPS) is 15.6. The Kier molecular flexibility index (Phi) is 5.33. The van der Waals surface area contributed by atoms with E-state index in [1.807, 2.05) is 78.4 Å². The molecule has 5 nitrogen and oxygen atoms in total. The van der Waals surface area contributed by atoms with Crippen LogP contribution in [0.4, 0.5) is 5.69 Å². The predicted octanol–water partition coefficient (Wildman–Crippen LogP) is 4.18. The summed E-state index contributed by atoms with van der Waals surface area (Å²) in [5.41, 5.74) is 4.66. The lowest BCUT2D eigenvalue weighted by Crippen LogP contribution is -2.54. The summed E-state index contributed by atoms with van der Waals surface area (Å²) in [5, 5.41) is 2.72. The predicted molar refractivity (Wildman–Crippen MR) is 123 cm³/mol. The highest BCUT2D eigenvalue weighted by Crippen LogP contribution is 2.24. The van der Waals surface area contributed by atoms with Gasteiger partial charge in [0.1, 0.15) is 5.57 Å². The molecule has 0 radical (unpaired) electrons. The van der Waals surface area contributed by atoms with Crippen LogP contribution in [0.3, 0.4) is 0 Å². The quantitative estimate of drug-likeness (QED) is 0.395. The second kappa shape index (κ2) is 8.08. The van der Waals surface area contributed by atoms with Gasteiger partial charge in [-0.05, 0) is 73.6 Å². The average molecular weight is 416 g/mol. The first-order valence-corrected chi connectivity index (χ1v) is 10.1. The number of hydrogen-bond donors (Lipinski definition) is 1. The molecule has 0 aliphatic carbocycles. The molecule has 2 aromatic carbocycles. The van der Waals surface area contributed by atoms with E-state index in [0.29, 0.717) is 5.69 Å². The van der Waals surface area contributed by atoms with Gasteiger partial charge in [-0.1, -0.05) is 36.8 Å². The highest BCUT2D eigenvalue weighted by molar-refractivity contribution is 7.80. The third-order valence-corrected chi connectivity index (χ3v) is 5.37. The molecule has 1 fully saturated rings. The molecule has 0 bridgehead atoms. The van der Waals surface area contributed by atoms with E-state index in [4.69, 9.17) is 12.2 Å². The van der Waals surface area contributed by atoms with Crippen LogP contribution in [0.2, 0.25) is 0 Å². The summed E-state index contributed by atoms with van der Waals surface area (Å²) in [7, 11) is 0. The summed E-state index contributed by atoms with van der Waals surface area (Å²) in [6.45, 7) is 4.09. The Morgan fingerprint density at radius 2 is 1.63 bits per heavy atom. The van der Waals surface area contributed by atoms with Crippen LogP contribution in [0.25, 0.3) is 11.8 Å². The molecule has 0 spiro atoms. The van der Waals surface area contributed by atoms with E-state index in [1.54, 1.807) is 6.08 Å². The fraction of sp³-hybridized carbons (Fsp3) is 0.125. The summed E-state index contributed by atoms with van der Waals surface area (Å²) in [4.78, 5) is 27.2. The number of nitrogens with one attached hydrogen (secondary N) is 1. The van der Waals surface area contributed by atoms with E-state index in [-0.39, 0.29) is 10.7 Å². The number of aromatic nitrogens is 1. The smallest absolute Gasteiger partial charge is 0.270 e. The van der Waals surface area contributed by atoms with Gasteiger partial charge in [-0.2, -0.15) is 0 Å². The van der Waals surface area contributed by atoms with Crippen LogP contribution in [0.5, 0.6) is 0 Å². The van der Waals surface area contributed by atoms with E-state index in [2.05, 4.69) is 12.2 Å². The van der Waals surface area contributed by atoms with Crippen molar-refractivity contribution in [3.8, 4) is 5.69 Å². The SMILES string of the molecule is CCc1ccc(N2C(=O)C(=Cc3cccn3-c3ccc(C)cc3)C(=O)NC2=S)cc1. The Bertz CT molecular complexity index is 1160. The number of nitrogens with zero attached hydrogens (tertiary/aromatic N) is 2. The van der Waals surface area contributed by atoms with Crippen LogP contribution in [-0.2, 0) is 16.0 Å². The first-order valence-electron chi connectivity index (χ1n) is 9.72. The zero-order valence-corrected chi connectivity index (χ0v) is 17.6. The van der Waals surface area contributed by atoms with Crippen LogP contribution < -0.4 is 10.2 Å². The fourth-order valence-corrected chi connectivity index (χ4v) is 3.65. The Labute approximate surface area is 180 Å². The lowest BCUT2D eigenvalue weighted by Gasteiger charge is -2.29. The molecule has 1 N–H and O–H groups in total. The minimum Gasteiger partial charge on any atom is -0.317 e. The van der Waals surface area contributed by atoms with Crippen molar-refractivity contribution >= 4 is 40.9 Å². The Hall–Kier alpha value is -3.51. The van der Waals surface area contributed by atoms with Gasteiger partial charge in [0, 0.05) is 17.6 Å². The van der Waals surface area contributed by atoms with Crippen molar-refractivity contribution in [2.45, 2.75) is 20.3 Å². The molecule has 0 saturated carbocycles. The maximum atomic E-state index is 13.2. The maximum absolute atomic E-state index is 13.2. The molecular formula is C24H21N3O2S. The number of carbonyl (C=O) groups excluding carboxylic acids is 2. The molecule has 0 unspecified atom stereocenters. The summed E-state index contributed by atoms with van der Waals surface area (Å²) in [5.74, 6) is -0.937. The molecule has 0 atom stereocenters. The van der Waals surface area contributed by atoms with Crippen molar-refractivity contribution in [2.75, 3.05) is 4.90 Å². The first-order chi connectivity index (χ1) is 14.5. The monoisotopic (exact) mass is 415 g/mol. The van der Waals surface area contributed by atoms with Crippen LogP contribution in [0.15, 0.2) is 72.4 Å². The van der Waals surface area contributed by atoms with E-state index >= 15 is 0 Å². The molecule has 2 heterocycles. The van der Waals surface area contributed by atoms with Gasteiger partial charge in [0.05, 0.1) is 5.69 Å². The lowest BCUT2D eigenvalue weighted by molar-refractivity contribution is -0.122. The topological polar surface area (TPSA) is 54.3 Å². The van der Waals surface area contributed by atoms with Crippen LogP contribution in [0.1, 0.15) is 23.7 Å². The van der Waals surface area contributed by atoms with Crippen LogP contribution >= 0.6 is 12.2 Å². The molecule has 1 saturated heterocycles. The van der Waals surface area contributed by atoms with E-state index < -0.39 is 11.8 Å².